The van der Waals surface area contributed by atoms with Gasteiger partial charge in [0.1, 0.15) is 5.75 Å². The van der Waals surface area contributed by atoms with Gasteiger partial charge in [-0.25, -0.2) is 0 Å². The Kier molecular flexibility index (Phi) is 6.52. The fourth-order valence-corrected chi connectivity index (χ4v) is 2.97. The van der Waals surface area contributed by atoms with E-state index in [2.05, 4.69) is 62.7 Å². The lowest BCUT2D eigenvalue weighted by atomic mass is 10.1. The zero-order valence-electron chi connectivity index (χ0n) is 15.4. The van der Waals surface area contributed by atoms with Crippen LogP contribution in [0.25, 0.3) is 10.9 Å². The summed E-state index contributed by atoms with van der Waals surface area (Å²) in [6.45, 7) is 13.8. The molecule has 0 aliphatic carbocycles. The molecular weight excluding hydrogens is 284 g/mol. The van der Waals surface area contributed by atoms with Crippen molar-refractivity contribution in [2.75, 3.05) is 6.61 Å². The maximum absolute atomic E-state index is 5.84. The second-order valence-electron chi connectivity index (χ2n) is 6.63. The Labute approximate surface area is 141 Å². The molecule has 1 N–H and O–H groups in total. The Morgan fingerprint density at radius 2 is 1.96 bits per heavy atom. The van der Waals surface area contributed by atoms with Crippen LogP contribution in [0, 0.1) is 6.92 Å². The number of aryl methyl sites for hydroxylation is 1. The van der Waals surface area contributed by atoms with Gasteiger partial charge in [0, 0.05) is 35.7 Å². The van der Waals surface area contributed by atoms with Gasteiger partial charge in [0.25, 0.3) is 0 Å². The smallest absolute Gasteiger partial charge is 0.120 e. The molecule has 1 heterocycles. The van der Waals surface area contributed by atoms with Gasteiger partial charge in [0.2, 0.25) is 0 Å². The summed E-state index contributed by atoms with van der Waals surface area (Å²) in [4.78, 5) is 0. The van der Waals surface area contributed by atoms with Crippen molar-refractivity contribution >= 4 is 10.9 Å². The summed E-state index contributed by atoms with van der Waals surface area (Å²) in [6.07, 6.45) is 3.47. The highest BCUT2D eigenvalue weighted by molar-refractivity contribution is 5.87. The van der Waals surface area contributed by atoms with Gasteiger partial charge in [-0.15, -0.1) is 0 Å². The van der Waals surface area contributed by atoms with Crippen LogP contribution >= 0.6 is 0 Å². The van der Waals surface area contributed by atoms with Crippen molar-refractivity contribution in [2.45, 2.75) is 73.0 Å². The first-order chi connectivity index (χ1) is 11.1. The summed E-state index contributed by atoms with van der Waals surface area (Å²) in [7, 11) is 0. The predicted octanol–water partition coefficient (Wildman–Crippen LogP) is 5.04. The Morgan fingerprint density at radius 1 is 1.17 bits per heavy atom. The van der Waals surface area contributed by atoms with E-state index in [1.54, 1.807) is 0 Å². The van der Waals surface area contributed by atoms with Crippen molar-refractivity contribution < 1.29 is 4.74 Å². The molecule has 2 aromatic rings. The highest BCUT2D eigenvalue weighted by atomic mass is 16.5. The second kappa shape index (κ2) is 8.39. The van der Waals surface area contributed by atoms with Crippen LogP contribution in [0.4, 0.5) is 0 Å². The first-order valence-electron chi connectivity index (χ1n) is 9.06. The summed E-state index contributed by atoms with van der Waals surface area (Å²) >= 11 is 0. The van der Waals surface area contributed by atoms with E-state index in [9.17, 15) is 0 Å². The van der Waals surface area contributed by atoms with E-state index in [-0.39, 0.29) is 0 Å². The summed E-state index contributed by atoms with van der Waals surface area (Å²) in [5.74, 6) is 0.984. The van der Waals surface area contributed by atoms with Crippen molar-refractivity contribution in [3.63, 3.8) is 0 Å². The van der Waals surface area contributed by atoms with Crippen LogP contribution in [0.15, 0.2) is 18.2 Å². The average molecular weight is 316 g/mol. The molecule has 0 fully saturated rings. The molecular formula is C20H32N2O. The minimum atomic E-state index is 0.489. The van der Waals surface area contributed by atoms with Crippen molar-refractivity contribution in [2.24, 2.45) is 0 Å². The standard InChI is InChI=1S/C20H32N2O/c1-6-8-11-22-16(5)19(14-21-15(3)4)18-13-17(23-12-7-2)9-10-20(18)22/h9-10,13,15,21H,6-8,11-12,14H2,1-5H3. The van der Waals surface area contributed by atoms with E-state index >= 15 is 0 Å². The lowest BCUT2D eigenvalue weighted by molar-refractivity contribution is 0.318. The molecule has 0 bridgehead atoms. The van der Waals surface area contributed by atoms with E-state index in [4.69, 9.17) is 4.74 Å². The van der Waals surface area contributed by atoms with Gasteiger partial charge in [-0.3, -0.25) is 0 Å². The lowest BCUT2D eigenvalue weighted by Crippen LogP contribution is -2.22. The number of aromatic nitrogens is 1. The molecule has 3 nitrogen and oxygen atoms in total. The van der Waals surface area contributed by atoms with E-state index < -0.39 is 0 Å². The van der Waals surface area contributed by atoms with Crippen molar-refractivity contribution in [3.8, 4) is 5.75 Å². The van der Waals surface area contributed by atoms with Crippen molar-refractivity contribution in [1.82, 2.24) is 9.88 Å². The van der Waals surface area contributed by atoms with Gasteiger partial charge < -0.3 is 14.6 Å². The molecule has 0 spiro atoms. The summed E-state index contributed by atoms with van der Waals surface area (Å²) in [5, 5.41) is 4.91. The molecule has 0 atom stereocenters. The maximum Gasteiger partial charge on any atom is 0.120 e. The first kappa shape index (κ1) is 17.9. The van der Waals surface area contributed by atoms with E-state index in [0.29, 0.717) is 6.04 Å². The molecule has 128 valence electrons. The van der Waals surface area contributed by atoms with Crippen LogP contribution in [-0.2, 0) is 13.1 Å². The minimum absolute atomic E-state index is 0.489. The Morgan fingerprint density at radius 3 is 2.61 bits per heavy atom. The topological polar surface area (TPSA) is 26.2 Å². The zero-order valence-corrected chi connectivity index (χ0v) is 15.4. The van der Waals surface area contributed by atoms with E-state index in [1.807, 2.05) is 0 Å². The Bertz CT molecular complexity index is 628. The summed E-state index contributed by atoms with van der Waals surface area (Å²) in [6, 6.07) is 7.04. The molecule has 0 radical (unpaired) electrons. The van der Waals surface area contributed by atoms with Crippen LogP contribution < -0.4 is 10.1 Å². The SMILES string of the molecule is CCCCn1c(C)c(CNC(C)C)c2cc(OCCC)ccc21. The molecule has 2 rings (SSSR count). The maximum atomic E-state index is 5.84. The Balaban J connectivity index is 2.43. The molecule has 0 amide bonds. The number of rotatable bonds is 9. The van der Waals surface area contributed by atoms with Gasteiger partial charge >= 0.3 is 0 Å². The van der Waals surface area contributed by atoms with Crippen LogP contribution in [0.2, 0.25) is 0 Å². The third-order valence-corrected chi connectivity index (χ3v) is 4.32. The molecule has 0 aliphatic rings. The van der Waals surface area contributed by atoms with Crippen LogP contribution in [0.5, 0.6) is 5.75 Å². The van der Waals surface area contributed by atoms with Gasteiger partial charge in [-0.1, -0.05) is 34.1 Å². The molecule has 1 aromatic heterocycles. The number of ether oxygens (including phenoxy) is 1. The lowest BCUT2D eigenvalue weighted by Gasteiger charge is -2.10. The summed E-state index contributed by atoms with van der Waals surface area (Å²) in [5.41, 5.74) is 4.13. The largest absolute Gasteiger partial charge is 0.494 e. The normalized spacial score (nSPS) is 11.6. The fourth-order valence-electron chi connectivity index (χ4n) is 2.97. The van der Waals surface area contributed by atoms with Crippen molar-refractivity contribution in [1.29, 1.82) is 0 Å². The fraction of sp³-hybridized carbons (Fsp3) is 0.600. The molecule has 23 heavy (non-hydrogen) atoms. The number of hydrogen-bond donors (Lipinski definition) is 1. The first-order valence-corrected chi connectivity index (χ1v) is 9.06. The number of unbranched alkanes of at least 4 members (excludes halogenated alkanes) is 1. The van der Waals surface area contributed by atoms with Crippen LogP contribution in [0.1, 0.15) is 58.2 Å². The molecule has 3 heteroatoms. The number of hydrogen-bond acceptors (Lipinski definition) is 2. The number of nitrogens with one attached hydrogen (secondary N) is 1. The monoisotopic (exact) mass is 316 g/mol. The molecule has 0 unspecified atom stereocenters. The van der Waals surface area contributed by atoms with Gasteiger partial charge in [0.05, 0.1) is 6.61 Å². The number of benzene rings is 1. The molecule has 0 saturated carbocycles. The molecule has 0 saturated heterocycles. The minimum Gasteiger partial charge on any atom is -0.494 e. The van der Waals surface area contributed by atoms with Gasteiger partial charge in [0.15, 0.2) is 0 Å². The molecule has 0 aliphatic heterocycles. The van der Waals surface area contributed by atoms with Gasteiger partial charge in [-0.2, -0.15) is 0 Å². The van der Waals surface area contributed by atoms with E-state index in [1.165, 1.54) is 35.0 Å². The highest BCUT2D eigenvalue weighted by Gasteiger charge is 2.14. The third kappa shape index (κ3) is 4.29. The second-order valence-corrected chi connectivity index (χ2v) is 6.63. The third-order valence-electron chi connectivity index (χ3n) is 4.32. The van der Waals surface area contributed by atoms with Gasteiger partial charge in [-0.05, 0) is 43.5 Å². The van der Waals surface area contributed by atoms with Crippen LogP contribution in [0.3, 0.4) is 0 Å². The van der Waals surface area contributed by atoms with Crippen LogP contribution in [-0.4, -0.2) is 17.2 Å². The quantitative estimate of drug-likeness (QED) is 0.701. The number of fused-ring (bicyclic) bond motifs is 1. The van der Waals surface area contributed by atoms with E-state index in [0.717, 1.165) is 31.9 Å². The van der Waals surface area contributed by atoms with Crippen molar-refractivity contribution in [3.05, 3.63) is 29.5 Å². The zero-order chi connectivity index (χ0) is 16.8. The molecule has 1 aromatic carbocycles. The predicted molar refractivity (Wildman–Crippen MR) is 99.3 cm³/mol. The summed E-state index contributed by atoms with van der Waals surface area (Å²) < 4.78 is 8.32. The Hall–Kier alpha value is -1.48. The number of nitrogens with zero attached hydrogens (tertiary/aromatic N) is 1. The highest BCUT2D eigenvalue weighted by Crippen LogP contribution is 2.30. The average Bonchev–Trinajstić information content (AvgIpc) is 2.79.